The summed E-state index contributed by atoms with van der Waals surface area (Å²) in [5, 5.41) is 11.7. The first kappa shape index (κ1) is 29.1. The topological polar surface area (TPSA) is 115 Å². The average molecular weight is 589 g/mol. The Bertz CT molecular complexity index is 1590. The van der Waals surface area contributed by atoms with Crippen molar-refractivity contribution in [2.75, 3.05) is 18.1 Å². The Morgan fingerprint density at radius 3 is 2.83 bits per heavy atom. The summed E-state index contributed by atoms with van der Waals surface area (Å²) in [4.78, 5) is 45.9. The molecular weight excluding hydrogens is 556 g/mol. The molecule has 10 heteroatoms. The number of rotatable bonds is 10. The number of unbranched alkanes of at least 4 members (excludes halogenated alkanes) is 1. The quantitative estimate of drug-likeness (QED) is 0.0775. The molecule has 0 bridgehead atoms. The third-order valence-electron chi connectivity index (χ3n) is 7.06. The first-order valence-corrected chi connectivity index (χ1v) is 14.6. The number of amides is 1. The van der Waals surface area contributed by atoms with Crippen molar-refractivity contribution in [1.29, 1.82) is 0 Å². The smallest absolute Gasteiger partial charge is 0.350 e. The zero-order chi connectivity index (χ0) is 30.0. The van der Waals surface area contributed by atoms with Crippen LogP contribution in [0.3, 0.4) is 0 Å². The van der Waals surface area contributed by atoms with Crippen LogP contribution in [0.1, 0.15) is 64.8 Å². The van der Waals surface area contributed by atoms with E-state index in [1.807, 2.05) is 6.92 Å². The van der Waals surface area contributed by atoms with Gasteiger partial charge in [0.2, 0.25) is 0 Å². The number of aryl methyl sites for hydroxylation is 1. The number of aliphatic hydroxyl groups is 1. The molecule has 9 nitrogen and oxygen atoms in total. The standard InChI is InChI=1S/C32H32N2O7S/c1-5-7-14-39-23-10-8-9-20(17-23)26-25(27(35)21-11-12-24-22(16-21)15-18(3)41-24)28(36)30(37)34(26)32-33-19(4)29(42-32)31(38)40-13-6-2/h6,8-12,16-18,26,35H,2,5,7,13-15H2,1,3-4H3/t18-,26+/m0/s1. The van der Waals surface area contributed by atoms with Gasteiger partial charge in [0.1, 0.15) is 34.8 Å². The lowest BCUT2D eigenvalue weighted by Gasteiger charge is -2.23. The van der Waals surface area contributed by atoms with Crippen LogP contribution in [0.15, 0.2) is 60.7 Å². The number of fused-ring (bicyclic) bond motifs is 1. The Morgan fingerprint density at radius 1 is 1.26 bits per heavy atom. The van der Waals surface area contributed by atoms with Crippen LogP contribution in [0.4, 0.5) is 5.13 Å². The van der Waals surface area contributed by atoms with Gasteiger partial charge in [0.05, 0.1) is 23.9 Å². The SMILES string of the molecule is C=CCOC(=O)c1sc(N2C(=O)C(=O)C(=C(O)c3ccc4c(c3)C[C@H](C)O4)[C@H]2c2cccc(OCCCC)c2)nc1C. The highest BCUT2D eigenvalue weighted by atomic mass is 32.1. The maximum atomic E-state index is 13.6. The fraction of sp³-hybridized carbons (Fsp3) is 0.312. The van der Waals surface area contributed by atoms with Crippen molar-refractivity contribution in [2.45, 2.75) is 52.2 Å². The number of anilines is 1. The van der Waals surface area contributed by atoms with Gasteiger partial charge in [-0.3, -0.25) is 14.5 Å². The number of aromatic nitrogens is 1. The van der Waals surface area contributed by atoms with E-state index in [0.29, 0.717) is 35.6 Å². The van der Waals surface area contributed by atoms with E-state index < -0.39 is 23.7 Å². The molecule has 1 N–H and O–H groups in total. The van der Waals surface area contributed by atoms with Gasteiger partial charge < -0.3 is 19.3 Å². The van der Waals surface area contributed by atoms with Crippen LogP contribution < -0.4 is 14.4 Å². The highest BCUT2D eigenvalue weighted by Crippen LogP contribution is 2.45. The second-order valence-corrected chi connectivity index (χ2v) is 11.2. The minimum Gasteiger partial charge on any atom is -0.507 e. The molecule has 0 spiro atoms. The molecule has 1 fully saturated rings. The summed E-state index contributed by atoms with van der Waals surface area (Å²) in [6, 6.07) is 11.3. The molecule has 3 aromatic rings. The van der Waals surface area contributed by atoms with Crippen LogP contribution in [-0.2, 0) is 20.7 Å². The van der Waals surface area contributed by atoms with E-state index in [1.54, 1.807) is 49.4 Å². The number of nitrogens with zero attached hydrogens (tertiary/aromatic N) is 2. The Kier molecular flexibility index (Phi) is 8.44. The van der Waals surface area contributed by atoms with Crippen LogP contribution in [0.2, 0.25) is 0 Å². The number of Topliss-reactive ketones (excluding diaryl/α,β-unsaturated/α-hetero) is 1. The molecule has 1 saturated heterocycles. The minimum atomic E-state index is -1.02. The third-order valence-corrected chi connectivity index (χ3v) is 8.20. The number of thiazole rings is 1. The van der Waals surface area contributed by atoms with Gasteiger partial charge in [-0.1, -0.05) is 49.5 Å². The van der Waals surface area contributed by atoms with Crippen molar-refractivity contribution in [3.05, 3.63) is 88.0 Å². The van der Waals surface area contributed by atoms with Gasteiger partial charge in [-0.05, 0) is 61.7 Å². The zero-order valence-electron chi connectivity index (χ0n) is 23.7. The number of carbonyl (C=O) groups excluding carboxylic acids is 3. The van der Waals surface area contributed by atoms with Gasteiger partial charge >= 0.3 is 11.9 Å². The number of hydrogen-bond donors (Lipinski definition) is 1. The molecule has 0 aliphatic carbocycles. The number of ether oxygens (including phenoxy) is 3. The summed E-state index contributed by atoms with van der Waals surface area (Å²) < 4.78 is 16.9. The molecule has 1 amide bonds. The largest absolute Gasteiger partial charge is 0.507 e. The third kappa shape index (κ3) is 5.54. The van der Waals surface area contributed by atoms with Crippen molar-refractivity contribution in [1.82, 2.24) is 4.98 Å². The Hall–Kier alpha value is -4.44. The lowest BCUT2D eigenvalue weighted by molar-refractivity contribution is -0.132. The van der Waals surface area contributed by atoms with Crippen LogP contribution in [0.25, 0.3) is 5.76 Å². The Morgan fingerprint density at radius 2 is 2.07 bits per heavy atom. The van der Waals surface area contributed by atoms with Crippen molar-refractivity contribution in [3.63, 3.8) is 0 Å². The molecule has 2 atom stereocenters. The van der Waals surface area contributed by atoms with E-state index in [1.165, 1.54) is 11.0 Å². The molecule has 3 heterocycles. The van der Waals surface area contributed by atoms with Gasteiger partial charge in [0, 0.05) is 12.0 Å². The molecule has 5 rings (SSSR count). The van der Waals surface area contributed by atoms with E-state index in [0.717, 1.165) is 35.5 Å². The van der Waals surface area contributed by atoms with Crippen molar-refractivity contribution in [2.24, 2.45) is 0 Å². The van der Waals surface area contributed by atoms with Crippen molar-refractivity contribution < 1.29 is 33.7 Å². The van der Waals surface area contributed by atoms with Gasteiger partial charge in [0.25, 0.3) is 5.78 Å². The van der Waals surface area contributed by atoms with E-state index in [9.17, 15) is 19.5 Å². The predicted octanol–water partition coefficient (Wildman–Crippen LogP) is 5.92. The van der Waals surface area contributed by atoms with E-state index >= 15 is 0 Å². The van der Waals surface area contributed by atoms with E-state index in [4.69, 9.17) is 14.2 Å². The fourth-order valence-corrected chi connectivity index (χ4v) is 6.04. The predicted molar refractivity (Wildman–Crippen MR) is 159 cm³/mol. The number of aliphatic hydroxyl groups excluding tert-OH is 1. The zero-order valence-corrected chi connectivity index (χ0v) is 24.5. The fourth-order valence-electron chi connectivity index (χ4n) is 5.05. The molecule has 1 aromatic heterocycles. The Balaban J connectivity index is 1.63. The molecule has 0 unspecified atom stereocenters. The monoisotopic (exact) mass is 588 g/mol. The lowest BCUT2D eigenvalue weighted by Crippen LogP contribution is -2.29. The molecule has 2 aliphatic rings. The molecule has 0 saturated carbocycles. The molecule has 42 heavy (non-hydrogen) atoms. The molecule has 0 radical (unpaired) electrons. The summed E-state index contributed by atoms with van der Waals surface area (Å²) in [5.74, 6) is -1.34. The number of esters is 1. The second-order valence-electron chi connectivity index (χ2n) is 10.2. The summed E-state index contributed by atoms with van der Waals surface area (Å²) in [7, 11) is 0. The first-order valence-electron chi connectivity index (χ1n) is 13.8. The van der Waals surface area contributed by atoms with Gasteiger partial charge in [-0.2, -0.15) is 0 Å². The van der Waals surface area contributed by atoms with E-state index in [2.05, 4.69) is 18.5 Å². The van der Waals surface area contributed by atoms with Crippen LogP contribution in [0, 0.1) is 6.92 Å². The highest BCUT2D eigenvalue weighted by molar-refractivity contribution is 7.17. The number of carbonyl (C=O) groups is 3. The summed E-state index contributed by atoms with van der Waals surface area (Å²) >= 11 is 0.948. The number of ketones is 1. The summed E-state index contributed by atoms with van der Waals surface area (Å²) in [6.07, 6.45) is 3.94. The summed E-state index contributed by atoms with van der Waals surface area (Å²) in [6.45, 7) is 9.74. The van der Waals surface area contributed by atoms with Gasteiger partial charge in [0.15, 0.2) is 5.13 Å². The molecule has 2 aliphatic heterocycles. The number of hydrogen-bond acceptors (Lipinski definition) is 9. The van der Waals surface area contributed by atoms with Gasteiger partial charge in [-0.15, -0.1) is 0 Å². The molecular formula is C32H32N2O7S. The highest BCUT2D eigenvalue weighted by Gasteiger charge is 2.48. The summed E-state index contributed by atoms with van der Waals surface area (Å²) in [5.41, 5.74) is 2.12. The van der Waals surface area contributed by atoms with Gasteiger partial charge in [-0.25, -0.2) is 9.78 Å². The Labute approximate surface area is 248 Å². The number of benzene rings is 2. The molecule has 218 valence electrons. The van der Waals surface area contributed by atoms with Crippen molar-refractivity contribution >= 4 is 39.9 Å². The van der Waals surface area contributed by atoms with Crippen LogP contribution >= 0.6 is 11.3 Å². The average Bonchev–Trinajstić information content (AvgIpc) is 3.63. The maximum absolute atomic E-state index is 13.6. The second kappa shape index (κ2) is 12.2. The van der Waals surface area contributed by atoms with Crippen LogP contribution in [-0.4, -0.2) is 47.1 Å². The maximum Gasteiger partial charge on any atom is 0.350 e. The van der Waals surface area contributed by atoms with Crippen molar-refractivity contribution in [3.8, 4) is 11.5 Å². The lowest BCUT2D eigenvalue weighted by atomic mass is 9.94. The van der Waals surface area contributed by atoms with Crippen LogP contribution in [0.5, 0.6) is 11.5 Å². The minimum absolute atomic E-state index is 0.000988. The first-order chi connectivity index (χ1) is 20.2. The molecule has 2 aromatic carbocycles. The normalized spacial score (nSPS) is 19.0. The van der Waals surface area contributed by atoms with E-state index in [-0.39, 0.29) is 34.1 Å².